The van der Waals surface area contributed by atoms with Crippen LogP contribution in [0.3, 0.4) is 0 Å². The lowest BCUT2D eigenvalue weighted by Gasteiger charge is -2.32. The van der Waals surface area contributed by atoms with Gasteiger partial charge in [0, 0.05) is 36.1 Å². The summed E-state index contributed by atoms with van der Waals surface area (Å²) in [6.45, 7) is 1.07. The Balaban J connectivity index is 1.27. The van der Waals surface area contributed by atoms with Gasteiger partial charge in [0.25, 0.3) is 5.91 Å². The number of carbonyl (C=O) groups excluding carboxylic acids is 2. The smallest absolute Gasteiger partial charge is 0.266 e. The monoisotopic (exact) mass is 456 g/mol. The molecule has 2 amide bonds. The molecule has 1 N–H and O–H groups in total. The average Bonchev–Trinajstić information content (AvgIpc) is 3.26. The molecule has 3 heterocycles. The van der Waals surface area contributed by atoms with E-state index in [1.165, 1.54) is 0 Å². The van der Waals surface area contributed by atoms with Gasteiger partial charge in [-0.25, -0.2) is 4.98 Å². The number of aromatic nitrogens is 1. The van der Waals surface area contributed by atoms with Crippen LogP contribution in [0.1, 0.15) is 24.8 Å². The summed E-state index contributed by atoms with van der Waals surface area (Å²) in [4.78, 5) is 36.6. The maximum absolute atomic E-state index is 12.8. The van der Waals surface area contributed by atoms with Crippen LogP contribution in [0.4, 0.5) is 5.82 Å². The normalized spacial score (nSPS) is 19.4. The Labute approximate surface area is 177 Å². The van der Waals surface area contributed by atoms with E-state index in [0.717, 1.165) is 15.7 Å². The lowest BCUT2D eigenvalue weighted by Crippen LogP contribution is -2.45. The first-order valence-electron chi connectivity index (χ1n) is 9.59. The Kier molecular flexibility index (Phi) is 5.89. The molecule has 2 aliphatic rings. The van der Waals surface area contributed by atoms with E-state index in [1.807, 2.05) is 36.4 Å². The molecule has 0 radical (unpaired) electrons. The minimum absolute atomic E-state index is 0.0567. The van der Waals surface area contributed by atoms with Gasteiger partial charge in [0.05, 0.1) is 5.71 Å². The van der Waals surface area contributed by atoms with E-state index in [2.05, 4.69) is 31.4 Å². The maximum atomic E-state index is 12.8. The van der Waals surface area contributed by atoms with Crippen molar-refractivity contribution in [2.75, 3.05) is 18.4 Å². The van der Waals surface area contributed by atoms with Crippen LogP contribution >= 0.6 is 15.9 Å². The van der Waals surface area contributed by atoms with Crippen LogP contribution in [0.5, 0.6) is 0 Å². The van der Waals surface area contributed by atoms with Gasteiger partial charge >= 0.3 is 0 Å². The van der Waals surface area contributed by atoms with Gasteiger partial charge in [-0.2, -0.15) is 0 Å². The molecule has 1 saturated heterocycles. The first kappa shape index (κ1) is 19.6. The number of rotatable bonds is 4. The van der Waals surface area contributed by atoms with Gasteiger partial charge in [0.1, 0.15) is 5.82 Å². The molecule has 0 spiro atoms. The molecule has 1 atom stereocenters. The summed E-state index contributed by atoms with van der Waals surface area (Å²) in [6.07, 6.45) is 2.77. The van der Waals surface area contributed by atoms with Gasteiger partial charge in [0.2, 0.25) is 12.0 Å². The molecule has 0 bridgehead atoms. The first-order chi connectivity index (χ1) is 14.1. The van der Waals surface area contributed by atoms with E-state index in [9.17, 15) is 9.59 Å². The fourth-order valence-electron chi connectivity index (χ4n) is 3.55. The number of halogens is 1. The Morgan fingerprint density at radius 1 is 1.10 bits per heavy atom. The molecule has 1 aromatic carbocycles. The van der Waals surface area contributed by atoms with Gasteiger partial charge in [-0.1, -0.05) is 35.5 Å². The number of pyridine rings is 1. The van der Waals surface area contributed by atoms with Crippen LogP contribution in [0.2, 0.25) is 0 Å². The number of anilines is 1. The predicted molar refractivity (Wildman–Crippen MR) is 112 cm³/mol. The van der Waals surface area contributed by atoms with E-state index in [1.54, 1.807) is 17.2 Å². The van der Waals surface area contributed by atoms with Crippen molar-refractivity contribution in [3.8, 4) is 0 Å². The third-order valence-electron chi connectivity index (χ3n) is 5.21. The minimum atomic E-state index is -0.581. The Morgan fingerprint density at radius 2 is 1.86 bits per heavy atom. The topological polar surface area (TPSA) is 83.9 Å². The summed E-state index contributed by atoms with van der Waals surface area (Å²) < 4.78 is 0.857. The number of benzene rings is 1. The van der Waals surface area contributed by atoms with Crippen LogP contribution in [-0.4, -0.2) is 46.6 Å². The van der Waals surface area contributed by atoms with E-state index >= 15 is 0 Å². The molecule has 0 aliphatic carbocycles. The summed E-state index contributed by atoms with van der Waals surface area (Å²) in [7, 11) is 0. The van der Waals surface area contributed by atoms with Gasteiger partial charge in [-0.3, -0.25) is 9.59 Å². The molecular weight excluding hydrogens is 436 g/mol. The summed E-state index contributed by atoms with van der Waals surface area (Å²) in [6, 6.07) is 13.3. The number of carbonyl (C=O) groups is 2. The number of oxime groups is 1. The number of nitrogens with zero attached hydrogens (tertiary/aromatic N) is 3. The van der Waals surface area contributed by atoms with Crippen molar-refractivity contribution in [3.05, 3.63) is 58.7 Å². The molecule has 8 heteroatoms. The quantitative estimate of drug-likeness (QED) is 0.765. The number of hydrogen-bond acceptors (Lipinski definition) is 5. The van der Waals surface area contributed by atoms with Crippen molar-refractivity contribution in [2.24, 2.45) is 11.1 Å². The number of piperidine rings is 1. The summed E-state index contributed by atoms with van der Waals surface area (Å²) in [5.41, 5.74) is 1.76. The number of likely N-dealkylation sites (tertiary alicyclic amines) is 1. The molecule has 1 aromatic heterocycles. The maximum Gasteiger partial charge on any atom is 0.266 e. The zero-order valence-electron chi connectivity index (χ0n) is 15.8. The van der Waals surface area contributed by atoms with E-state index in [-0.39, 0.29) is 17.7 Å². The van der Waals surface area contributed by atoms with Gasteiger partial charge in [-0.05, 0) is 46.5 Å². The predicted octanol–water partition coefficient (Wildman–Crippen LogP) is 3.21. The van der Waals surface area contributed by atoms with Crippen LogP contribution in [0.25, 0.3) is 0 Å². The second-order valence-corrected chi connectivity index (χ2v) is 8.07. The number of hydrogen-bond donors (Lipinski definition) is 1. The lowest BCUT2D eigenvalue weighted by atomic mass is 9.95. The highest BCUT2D eigenvalue weighted by Gasteiger charge is 2.35. The minimum Gasteiger partial charge on any atom is -0.382 e. The molecule has 1 unspecified atom stereocenters. The van der Waals surface area contributed by atoms with Crippen molar-refractivity contribution < 1.29 is 14.4 Å². The Bertz CT molecular complexity index is 909. The number of nitrogens with one attached hydrogen (secondary N) is 1. The third kappa shape index (κ3) is 4.64. The van der Waals surface area contributed by atoms with Crippen molar-refractivity contribution in [2.45, 2.75) is 25.4 Å². The molecule has 7 nitrogen and oxygen atoms in total. The van der Waals surface area contributed by atoms with Crippen LogP contribution in [0.15, 0.2) is 58.3 Å². The highest BCUT2D eigenvalue weighted by atomic mass is 79.9. The third-order valence-corrected chi connectivity index (χ3v) is 5.68. The Hall–Kier alpha value is -2.74. The molecule has 1 fully saturated rings. The molecule has 150 valence electrons. The van der Waals surface area contributed by atoms with Gasteiger partial charge < -0.3 is 15.1 Å². The van der Waals surface area contributed by atoms with Crippen molar-refractivity contribution in [1.29, 1.82) is 0 Å². The van der Waals surface area contributed by atoms with Gasteiger partial charge in [0.15, 0.2) is 0 Å². The molecule has 2 aliphatic heterocycles. The zero-order valence-corrected chi connectivity index (χ0v) is 17.3. The molecule has 29 heavy (non-hydrogen) atoms. The Morgan fingerprint density at radius 3 is 2.55 bits per heavy atom. The van der Waals surface area contributed by atoms with Crippen LogP contribution < -0.4 is 5.32 Å². The second kappa shape index (κ2) is 8.73. The molecule has 4 rings (SSSR count). The lowest BCUT2D eigenvalue weighted by molar-refractivity contribution is -0.144. The van der Waals surface area contributed by atoms with E-state index in [4.69, 9.17) is 4.84 Å². The SMILES string of the molecule is O=C(Nc1ccc(Br)cn1)C1CCN(C(=O)C2CC(c3ccccc3)=NO2)CC1. The van der Waals surface area contributed by atoms with Gasteiger partial charge in [-0.15, -0.1) is 0 Å². The first-order valence-corrected chi connectivity index (χ1v) is 10.4. The fraction of sp³-hybridized carbons (Fsp3) is 0.333. The van der Waals surface area contributed by atoms with E-state index in [0.29, 0.717) is 38.2 Å². The summed E-state index contributed by atoms with van der Waals surface area (Å²) >= 11 is 3.32. The fourth-order valence-corrected chi connectivity index (χ4v) is 3.79. The van der Waals surface area contributed by atoms with Crippen molar-refractivity contribution in [1.82, 2.24) is 9.88 Å². The summed E-state index contributed by atoms with van der Waals surface area (Å²) in [5, 5.41) is 6.94. The van der Waals surface area contributed by atoms with Crippen LogP contribution in [-0.2, 0) is 14.4 Å². The standard InChI is InChI=1S/C21H21BrN4O3/c22-16-6-7-19(23-13-16)24-20(27)15-8-10-26(11-9-15)21(28)18-12-17(25-29-18)14-4-2-1-3-5-14/h1-7,13,15,18H,8-12H2,(H,23,24,27). The highest BCUT2D eigenvalue weighted by Crippen LogP contribution is 2.23. The zero-order chi connectivity index (χ0) is 20.2. The van der Waals surface area contributed by atoms with Crippen molar-refractivity contribution >= 4 is 39.3 Å². The number of amides is 2. The molecule has 0 saturated carbocycles. The average molecular weight is 457 g/mol. The highest BCUT2D eigenvalue weighted by molar-refractivity contribution is 9.10. The summed E-state index contributed by atoms with van der Waals surface area (Å²) in [5.74, 6) is 0.277. The molecular formula is C21H21BrN4O3. The van der Waals surface area contributed by atoms with Crippen molar-refractivity contribution in [3.63, 3.8) is 0 Å². The second-order valence-electron chi connectivity index (χ2n) is 7.15. The van der Waals surface area contributed by atoms with Crippen LogP contribution in [0, 0.1) is 5.92 Å². The van der Waals surface area contributed by atoms with E-state index < -0.39 is 6.10 Å². The molecule has 2 aromatic rings. The largest absolute Gasteiger partial charge is 0.382 e.